The Bertz CT molecular complexity index is 530. The Morgan fingerprint density at radius 1 is 1.25 bits per heavy atom. The summed E-state index contributed by atoms with van der Waals surface area (Å²) >= 11 is 0. The van der Waals surface area contributed by atoms with Crippen LogP contribution in [0.25, 0.3) is 0 Å². The van der Waals surface area contributed by atoms with Gasteiger partial charge in [-0.05, 0) is 25.3 Å². The molecule has 0 radical (unpaired) electrons. The molecule has 0 bridgehead atoms. The molecule has 0 spiro atoms. The smallest absolute Gasteiger partial charge is 0.309 e. The molecule has 0 saturated carbocycles. The normalized spacial score (nSPS) is 17.5. The van der Waals surface area contributed by atoms with Crippen LogP contribution in [-0.4, -0.2) is 36.5 Å². The Morgan fingerprint density at radius 2 is 1.83 bits per heavy atom. The Balaban J connectivity index is 0.00000288. The quantitative estimate of drug-likeness (QED) is 0.825. The zero-order valence-electron chi connectivity index (χ0n) is 14.3. The molecule has 1 aliphatic rings. The van der Waals surface area contributed by atoms with Gasteiger partial charge in [0, 0.05) is 19.1 Å². The fourth-order valence-corrected chi connectivity index (χ4v) is 3.00. The fraction of sp³-hybridized carbons (Fsp3) is 0.556. The molecule has 24 heavy (non-hydrogen) atoms. The first-order chi connectivity index (χ1) is 11.0. The SMILES string of the molecule is CCOC(=O)C1CCN(C(=O)C(C)C(N)c2ccccc2)CC1.Cl. The van der Waals surface area contributed by atoms with Crippen LogP contribution in [0.4, 0.5) is 0 Å². The van der Waals surface area contributed by atoms with Crippen LogP contribution in [0.3, 0.4) is 0 Å². The van der Waals surface area contributed by atoms with Crippen molar-refractivity contribution >= 4 is 24.3 Å². The van der Waals surface area contributed by atoms with Gasteiger partial charge in [-0.1, -0.05) is 37.3 Å². The fourth-order valence-electron chi connectivity index (χ4n) is 3.00. The first-order valence-corrected chi connectivity index (χ1v) is 8.30. The third-order valence-corrected chi connectivity index (χ3v) is 4.54. The molecule has 2 N–H and O–H groups in total. The maximum atomic E-state index is 12.6. The molecule has 6 heteroatoms. The van der Waals surface area contributed by atoms with Crippen molar-refractivity contribution in [2.45, 2.75) is 32.7 Å². The second-order valence-corrected chi connectivity index (χ2v) is 6.08. The zero-order valence-corrected chi connectivity index (χ0v) is 15.1. The summed E-state index contributed by atoms with van der Waals surface area (Å²) in [5.74, 6) is -0.453. The predicted molar refractivity (Wildman–Crippen MR) is 95.7 cm³/mol. The Labute approximate surface area is 149 Å². The van der Waals surface area contributed by atoms with E-state index in [4.69, 9.17) is 10.5 Å². The van der Waals surface area contributed by atoms with Crippen LogP contribution < -0.4 is 5.73 Å². The van der Waals surface area contributed by atoms with Gasteiger partial charge in [0.15, 0.2) is 0 Å². The molecule has 0 aromatic heterocycles. The van der Waals surface area contributed by atoms with E-state index in [-0.39, 0.29) is 42.2 Å². The van der Waals surface area contributed by atoms with E-state index < -0.39 is 0 Å². The number of carbonyl (C=O) groups is 2. The molecule has 1 aliphatic heterocycles. The molecule has 134 valence electrons. The molecule has 2 rings (SSSR count). The number of piperidine rings is 1. The van der Waals surface area contributed by atoms with Crippen molar-refractivity contribution in [3.05, 3.63) is 35.9 Å². The second kappa shape index (κ2) is 9.64. The highest BCUT2D eigenvalue weighted by Crippen LogP contribution is 2.25. The summed E-state index contributed by atoms with van der Waals surface area (Å²) in [6.45, 7) is 5.27. The summed E-state index contributed by atoms with van der Waals surface area (Å²) in [5, 5.41) is 0. The van der Waals surface area contributed by atoms with Gasteiger partial charge in [-0.25, -0.2) is 0 Å². The van der Waals surface area contributed by atoms with Crippen LogP contribution in [0.1, 0.15) is 38.3 Å². The van der Waals surface area contributed by atoms with Gasteiger partial charge in [0.2, 0.25) is 5.91 Å². The number of nitrogens with zero attached hydrogens (tertiary/aromatic N) is 1. The van der Waals surface area contributed by atoms with Crippen molar-refractivity contribution in [1.82, 2.24) is 4.90 Å². The maximum absolute atomic E-state index is 12.6. The first-order valence-electron chi connectivity index (χ1n) is 8.30. The number of hydrogen-bond acceptors (Lipinski definition) is 4. The summed E-state index contributed by atoms with van der Waals surface area (Å²) in [7, 11) is 0. The molecule has 1 saturated heterocycles. The van der Waals surface area contributed by atoms with Crippen molar-refractivity contribution in [3.8, 4) is 0 Å². The Hall–Kier alpha value is -1.59. The third kappa shape index (κ3) is 4.95. The Morgan fingerprint density at radius 3 is 2.38 bits per heavy atom. The lowest BCUT2D eigenvalue weighted by Gasteiger charge is -2.34. The van der Waals surface area contributed by atoms with Crippen molar-refractivity contribution in [2.24, 2.45) is 17.6 Å². The third-order valence-electron chi connectivity index (χ3n) is 4.54. The second-order valence-electron chi connectivity index (χ2n) is 6.08. The minimum Gasteiger partial charge on any atom is -0.466 e. The van der Waals surface area contributed by atoms with Gasteiger partial charge >= 0.3 is 5.97 Å². The topological polar surface area (TPSA) is 72.6 Å². The van der Waals surface area contributed by atoms with Gasteiger partial charge < -0.3 is 15.4 Å². The largest absolute Gasteiger partial charge is 0.466 e. The van der Waals surface area contributed by atoms with Gasteiger partial charge in [0.25, 0.3) is 0 Å². The standard InChI is InChI=1S/C18H26N2O3.ClH/c1-3-23-18(22)15-9-11-20(12-10-15)17(21)13(2)16(19)14-7-5-4-6-8-14;/h4-8,13,15-16H,3,9-12,19H2,1-2H3;1H. The number of ether oxygens (including phenoxy) is 1. The molecule has 2 unspecified atom stereocenters. The number of benzene rings is 1. The number of esters is 1. The van der Waals surface area contributed by atoms with E-state index in [1.54, 1.807) is 0 Å². The van der Waals surface area contributed by atoms with Crippen molar-refractivity contribution in [3.63, 3.8) is 0 Å². The van der Waals surface area contributed by atoms with E-state index in [1.807, 2.05) is 49.1 Å². The van der Waals surface area contributed by atoms with Crippen LogP contribution in [0.5, 0.6) is 0 Å². The van der Waals surface area contributed by atoms with Crippen molar-refractivity contribution in [2.75, 3.05) is 19.7 Å². The zero-order chi connectivity index (χ0) is 16.8. The van der Waals surface area contributed by atoms with Crippen LogP contribution in [0, 0.1) is 11.8 Å². The lowest BCUT2D eigenvalue weighted by molar-refractivity contribution is -0.151. The molecule has 1 aromatic rings. The van der Waals surface area contributed by atoms with Gasteiger partial charge in [-0.3, -0.25) is 9.59 Å². The molecule has 1 aromatic carbocycles. The average molecular weight is 355 g/mol. The lowest BCUT2D eigenvalue weighted by atomic mass is 9.91. The van der Waals surface area contributed by atoms with E-state index in [0.29, 0.717) is 32.5 Å². The van der Waals surface area contributed by atoms with E-state index in [0.717, 1.165) is 5.56 Å². The minimum absolute atomic E-state index is 0. The van der Waals surface area contributed by atoms with E-state index in [2.05, 4.69) is 0 Å². The monoisotopic (exact) mass is 354 g/mol. The molecular formula is C18H27ClN2O3. The molecule has 0 aliphatic carbocycles. The Kier molecular flexibility index (Phi) is 8.22. The van der Waals surface area contributed by atoms with E-state index >= 15 is 0 Å². The van der Waals surface area contributed by atoms with Crippen molar-refractivity contribution in [1.29, 1.82) is 0 Å². The highest BCUT2D eigenvalue weighted by atomic mass is 35.5. The molecule has 1 amide bonds. The lowest BCUT2D eigenvalue weighted by Crippen LogP contribution is -2.45. The summed E-state index contributed by atoms with van der Waals surface area (Å²) < 4.78 is 5.06. The first kappa shape index (κ1) is 20.5. The van der Waals surface area contributed by atoms with E-state index in [9.17, 15) is 9.59 Å². The van der Waals surface area contributed by atoms with Crippen LogP contribution in [-0.2, 0) is 14.3 Å². The molecule has 1 heterocycles. The minimum atomic E-state index is -0.313. The van der Waals surface area contributed by atoms with Gasteiger partial charge in [0.1, 0.15) is 0 Å². The van der Waals surface area contributed by atoms with Gasteiger partial charge in [-0.2, -0.15) is 0 Å². The summed E-state index contributed by atoms with van der Waals surface area (Å²) in [4.78, 5) is 26.2. The predicted octanol–water partition coefficient (Wildman–Crippen LogP) is 2.55. The number of hydrogen-bond donors (Lipinski definition) is 1. The van der Waals surface area contributed by atoms with Gasteiger partial charge in [-0.15, -0.1) is 12.4 Å². The molecule has 1 fully saturated rings. The van der Waals surface area contributed by atoms with Crippen molar-refractivity contribution < 1.29 is 14.3 Å². The van der Waals surface area contributed by atoms with Crippen LogP contribution in [0.15, 0.2) is 30.3 Å². The summed E-state index contributed by atoms with van der Waals surface area (Å²) in [6.07, 6.45) is 1.33. The number of carbonyl (C=O) groups excluding carboxylic acids is 2. The highest BCUT2D eigenvalue weighted by Gasteiger charge is 2.32. The number of nitrogens with two attached hydrogens (primary N) is 1. The summed E-state index contributed by atoms with van der Waals surface area (Å²) in [5.41, 5.74) is 7.21. The number of amides is 1. The molecular weight excluding hydrogens is 328 g/mol. The summed E-state index contributed by atoms with van der Waals surface area (Å²) in [6, 6.07) is 9.37. The average Bonchev–Trinajstić information content (AvgIpc) is 2.61. The maximum Gasteiger partial charge on any atom is 0.309 e. The van der Waals surface area contributed by atoms with E-state index in [1.165, 1.54) is 0 Å². The number of rotatable bonds is 5. The number of likely N-dealkylation sites (tertiary alicyclic amines) is 1. The van der Waals surface area contributed by atoms with Crippen LogP contribution in [0.2, 0.25) is 0 Å². The van der Waals surface area contributed by atoms with Crippen LogP contribution >= 0.6 is 12.4 Å². The number of halogens is 1. The molecule has 2 atom stereocenters. The van der Waals surface area contributed by atoms with Gasteiger partial charge in [0.05, 0.1) is 18.4 Å². The molecule has 5 nitrogen and oxygen atoms in total. The highest BCUT2D eigenvalue weighted by molar-refractivity contribution is 5.85.